The monoisotopic (exact) mass is 230 g/mol. The van der Waals surface area contributed by atoms with Crippen LogP contribution >= 0.6 is 0 Å². The number of halogens is 1. The molecule has 1 rings (SSSR count). The van der Waals surface area contributed by atoms with Crippen molar-refractivity contribution >= 4 is 22.4 Å². The summed E-state index contributed by atoms with van der Waals surface area (Å²) >= 11 is 0. The van der Waals surface area contributed by atoms with E-state index in [-0.39, 0.29) is 17.9 Å². The van der Waals surface area contributed by atoms with Crippen molar-refractivity contribution in [1.29, 1.82) is 0 Å². The smallest absolute Gasteiger partial charge is 0.218 e. The predicted octanol–water partition coefficient (Wildman–Crippen LogP) is 0.391. The Morgan fingerprint density at radius 3 is 2.67 bits per heavy atom. The molecule has 1 amide bonds. The van der Waals surface area contributed by atoms with Crippen molar-refractivity contribution in [3.05, 3.63) is 24.0 Å². The quantitative estimate of drug-likeness (QED) is 0.734. The first-order valence-corrected chi connectivity index (χ1v) is 5.54. The Balaban J connectivity index is 2.78. The number of rotatable bonds is 4. The Labute approximate surface area is 88.9 Å². The molecule has 0 spiro atoms. The largest absolute Gasteiger partial charge is 0.398 e. The number of nitrogen functional groups attached to an aromatic ring is 1. The number of hydrogen-bond acceptors (Lipinski definition) is 3. The molecule has 6 heteroatoms. The average Bonchev–Trinajstić information content (AvgIpc) is 2.14. The van der Waals surface area contributed by atoms with Crippen molar-refractivity contribution in [2.75, 3.05) is 11.5 Å². The molecule has 1 atom stereocenters. The number of benzene rings is 1. The van der Waals surface area contributed by atoms with Crippen molar-refractivity contribution in [3.63, 3.8) is 0 Å². The zero-order valence-electron chi connectivity index (χ0n) is 7.90. The van der Waals surface area contributed by atoms with Gasteiger partial charge in [-0.25, -0.2) is 4.39 Å². The van der Waals surface area contributed by atoms with Crippen LogP contribution in [0, 0.1) is 5.82 Å². The van der Waals surface area contributed by atoms with Crippen LogP contribution in [-0.2, 0) is 15.6 Å². The maximum Gasteiger partial charge on any atom is 0.218 e. The summed E-state index contributed by atoms with van der Waals surface area (Å²) < 4.78 is 24.3. The number of carbonyl (C=O) groups excluding carboxylic acids is 1. The van der Waals surface area contributed by atoms with Gasteiger partial charge in [-0.3, -0.25) is 9.00 Å². The summed E-state index contributed by atoms with van der Waals surface area (Å²) in [7, 11) is -1.42. The number of amides is 1. The van der Waals surface area contributed by atoms with E-state index in [1.165, 1.54) is 12.1 Å². The summed E-state index contributed by atoms with van der Waals surface area (Å²) in [6, 6.07) is 3.62. The molecule has 82 valence electrons. The second kappa shape index (κ2) is 4.88. The molecule has 0 aliphatic carbocycles. The Hall–Kier alpha value is -1.43. The van der Waals surface area contributed by atoms with Crippen LogP contribution in [0.4, 0.5) is 10.1 Å². The van der Waals surface area contributed by atoms with Gasteiger partial charge in [0.2, 0.25) is 5.91 Å². The highest BCUT2D eigenvalue weighted by atomic mass is 32.2. The summed E-state index contributed by atoms with van der Waals surface area (Å²) in [6.07, 6.45) is 0.0173. The Morgan fingerprint density at radius 1 is 1.47 bits per heavy atom. The standard InChI is InChI=1S/C9H11FN2O2S/c10-6-1-2-8(7(11)5-6)15(14)4-3-9(12)13/h1-2,5H,3-4,11H2,(H2,12,13). The van der Waals surface area contributed by atoms with Gasteiger partial charge in [-0.15, -0.1) is 0 Å². The minimum Gasteiger partial charge on any atom is -0.398 e. The summed E-state index contributed by atoms with van der Waals surface area (Å²) in [6.45, 7) is 0. The molecule has 0 bridgehead atoms. The van der Waals surface area contributed by atoms with E-state index in [4.69, 9.17) is 11.5 Å². The third-order valence-corrected chi connectivity index (χ3v) is 3.19. The van der Waals surface area contributed by atoms with E-state index in [1.54, 1.807) is 0 Å². The van der Waals surface area contributed by atoms with Crippen LogP contribution in [0.2, 0.25) is 0 Å². The van der Waals surface area contributed by atoms with Gasteiger partial charge in [-0.1, -0.05) is 0 Å². The maximum atomic E-state index is 12.7. The van der Waals surface area contributed by atoms with E-state index in [2.05, 4.69) is 0 Å². The lowest BCUT2D eigenvalue weighted by Gasteiger charge is -2.04. The Morgan fingerprint density at radius 2 is 2.13 bits per heavy atom. The zero-order valence-corrected chi connectivity index (χ0v) is 8.72. The average molecular weight is 230 g/mol. The van der Waals surface area contributed by atoms with E-state index in [0.717, 1.165) is 6.07 Å². The number of primary amides is 1. The third kappa shape index (κ3) is 3.32. The Kier molecular flexibility index (Phi) is 3.79. The molecule has 0 saturated carbocycles. The van der Waals surface area contributed by atoms with E-state index < -0.39 is 22.5 Å². The highest BCUT2D eigenvalue weighted by molar-refractivity contribution is 7.85. The fourth-order valence-corrected chi connectivity index (χ4v) is 2.18. The van der Waals surface area contributed by atoms with Crippen molar-refractivity contribution in [2.24, 2.45) is 5.73 Å². The Bertz CT molecular complexity index is 409. The molecule has 4 N–H and O–H groups in total. The molecule has 1 aromatic rings. The molecule has 0 fully saturated rings. The molecule has 15 heavy (non-hydrogen) atoms. The van der Waals surface area contributed by atoms with Crippen molar-refractivity contribution in [2.45, 2.75) is 11.3 Å². The molecule has 1 aromatic carbocycles. The van der Waals surface area contributed by atoms with Gasteiger partial charge in [0, 0.05) is 12.2 Å². The minimum absolute atomic E-state index is 0.0173. The topological polar surface area (TPSA) is 86.2 Å². The SMILES string of the molecule is NC(=O)CCS(=O)c1ccc(F)cc1N. The van der Waals surface area contributed by atoms with Gasteiger partial charge in [0.05, 0.1) is 21.4 Å². The highest BCUT2D eigenvalue weighted by Gasteiger charge is 2.09. The number of nitrogens with two attached hydrogens (primary N) is 2. The van der Waals surface area contributed by atoms with Crippen molar-refractivity contribution in [3.8, 4) is 0 Å². The van der Waals surface area contributed by atoms with Crippen LogP contribution in [0.15, 0.2) is 23.1 Å². The molecule has 0 aliphatic rings. The summed E-state index contributed by atoms with van der Waals surface area (Å²) in [4.78, 5) is 10.8. The summed E-state index contributed by atoms with van der Waals surface area (Å²) in [5.41, 5.74) is 10.5. The molecule has 0 aromatic heterocycles. The highest BCUT2D eigenvalue weighted by Crippen LogP contribution is 2.17. The fraction of sp³-hybridized carbons (Fsp3) is 0.222. The van der Waals surface area contributed by atoms with Crippen LogP contribution in [0.5, 0.6) is 0 Å². The van der Waals surface area contributed by atoms with Gasteiger partial charge in [0.15, 0.2) is 0 Å². The molecule has 0 aliphatic heterocycles. The lowest BCUT2D eigenvalue weighted by atomic mass is 10.3. The van der Waals surface area contributed by atoms with E-state index >= 15 is 0 Å². The zero-order chi connectivity index (χ0) is 11.4. The van der Waals surface area contributed by atoms with Crippen LogP contribution in [0.25, 0.3) is 0 Å². The maximum absolute atomic E-state index is 12.7. The number of carbonyl (C=O) groups is 1. The van der Waals surface area contributed by atoms with Gasteiger partial charge in [0.1, 0.15) is 5.82 Å². The van der Waals surface area contributed by atoms with Gasteiger partial charge in [-0.2, -0.15) is 0 Å². The number of anilines is 1. The van der Waals surface area contributed by atoms with E-state index in [9.17, 15) is 13.4 Å². The van der Waals surface area contributed by atoms with Gasteiger partial charge in [0.25, 0.3) is 0 Å². The van der Waals surface area contributed by atoms with Crippen LogP contribution in [0.3, 0.4) is 0 Å². The van der Waals surface area contributed by atoms with Crippen molar-refractivity contribution in [1.82, 2.24) is 0 Å². The first-order chi connectivity index (χ1) is 7.00. The molecular formula is C9H11FN2O2S. The predicted molar refractivity (Wildman–Crippen MR) is 55.9 cm³/mol. The molecule has 0 heterocycles. The third-order valence-electron chi connectivity index (χ3n) is 1.75. The first-order valence-electron chi connectivity index (χ1n) is 4.22. The van der Waals surface area contributed by atoms with Gasteiger partial charge >= 0.3 is 0 Å². The molecule has 1 unspecified atom stereocenters. The fourth-order valence-electron chi connectivity index (χ4n) is 1.03. The lowest BCUT2D eigenvalue weighted by molar-refractivity contribution is -0.117. The second-order valence-corrected chi connectivity index (χ2v) is 4.49. The molecule has 0 saturated heterocycles. The van der Waals surface area contributed by atoms with E-state index in [0.29, 0.717) is 4.90 Å². The normalized spacial score (nSPS) is 12.3. The molecular weight excluding hydrogens is 219 g/mol. The minimum atomic E-state index is -1.42. The lowest BCUT2D eigenvalue weighted by Crippen LogP contribution is -2.14. The second-order valence-electron chi connectivity index (χ2n) is 2.95. The van der Waals surface area contributed by atoms with Crippen LogP contribution < -0.4 is 11.5 Å². The summed E-state index contributed by atoms with van der Waals surface area (Å²) in [5, 5.41) is 0. The number of hydrogen-bond donors (Lipinski definition) is 2. The van der Waals surface area contributed by atoms with E-state index in [1.807, 2.05) is 0 Å². The first kappa shape index (κ1) is 11.6. The van der Waals surface area contributed by atoms with Crippen LogP contribution in [-0.4, -0.2) is 15.9 Å². The van der Waals surface area contributed by atoms with Crippen molar-refractivity contribution < 1.29 is 13.4 Å². The van der Waals surface area contributed by atoms with Crippen LogP contribution in [0.1, 0.15) is 6.42 Å². The van der Waals surface area contributed by atoms with Gasteiger partial charge in [-0.05, 0) is 18.2 Å². The van der Waals surface area contributed by atoms with Gasteiger partial charge < -0.3 is 11.5 Å². The summed E-state index contributed by atoms with van der Waals surface area (Å²) in [5.74, 6) is -0.905. The molecule has 0 radical (unpaired) electrons. The molecule has 4 nitrogen and oxygen atoms in total.